The van der Waals surface area contributed by atoms with Gasteiger partial charge in [-0.1, -0.05) is 12.5 Å². The largest absolute Gasteiger partial charge is 0.496 e. The van der Waals surface area contributed by atoms with Crippen LogP contribution in [0.1, 0.15) is 37.8 Å². The molecule has 5 nitrogen and oxygen atoms in total. The molecule has 1 aromatic carbocycles. The Hall–Kier alpha value is -1.66. The van der Waals surface area contributed by atoms with Crippen LogP contribution in [0.4, 0.5) is 4.39 Å². The second-order valence-corrected chi connectivity index (χ2v) is 6.97. The Balaban J connectivity index is 1.67. The molecule has 138 valence electrons. The Kier molecular flexibility index (Phi) is 5.91. The van der Waals surface area contributed by atoms with Crippen molar-refractivity contribution in [3.63, 3.8) is 0 Å². The van der Waals surface area contributed by atoms with E-state index in [4.69, 9.17) is 9.47 Å². The molecule has 1 aliphatic carbocycles. The fourth-order valence-electron chi connectivity index (χ4n) is 3.60. The van der Waals surface area contributed by atoms with Gasteiger partial charge >= 0.3 is 0 Å². The van der Waals surface area contributed by atoms with Crippen molar-refractivity contribution in [1.82, 2.24) is 10.2 Å². The van der Waals surface area contributed by atoms with Crippen molar-refractivity contribution < 1.29 is 18.7 Å². The number of methoxy groups -OCH3 is 1. The van der Waals surface area contributed by atoms with Gasteiger partial charge in [0.15, 0.2) is 0 Å². The third-order valence-corrected chi connectivity index (χ3v) is 5.28. The summed E-state index contributed by atoms with van der Waals surface area (Å²) in [4.78, 5) is 15.0. The number of rotatable bonds is 6. The smallest absolute Gasteiger partial charge is 0.240 e. The summed E-state index contributed by atoms with van der Waals surface area (Å²) >= 11 is 0. The number of nitrogens with one attached hydrogen (secondary N) is 1. The van der Waals surface area contributed by atoms with Crippen LogP contribution in [0.15, 0.2) is 18.2 Å². The molecule has 0 aromatic heterocycles. The zero-order chi connectivity index (χ0) is 17.8. The lowest BCUT2D eigenvalue weighted by Gasteiger charge is -2.39. The van der Waals surface area contributed by atoms with Crippen LogP contribution >= 0.6 is 0 Å². The minimum atomic E-state index is -0.476. The molecule has 1 saturated heterocycles. The molecule has 2 atom stereocenters. The van der Waals surface area contributed by atoms with Gasteiger partial charge in [0.2, 0.25) is 5.91 Å². The molecule has 1 aromatic rings. The molecule has 0 radical (unpaired) electrons. The molecule has 3 rings (SSSR count). The molecule has 1 aliphatic heterocycles. The zero-order valence-electron chi connectivity index (χ0n) is 15.0. The molecule has 0 unspecified atom stereocenters. The molecule has 1 heterocycles. The Morgan fingerprint density at radius 1 is 1.48 bits per heavy atom. The Morgan fingerprint density at radius 3 is 2.96 bits per heavy atom. The van der Waals surface area contributed by atoms with E-state index in [2.05, 4.69) is 10.2 Å². The highest BCUT2D eigenvalue weighted by molar-refractivity contribution is 5.82. The summed E-state index contributed by atoms with van der Waals surface area (Å²) in [5.41, 5.74) is 0.376. The van der Waals surface area contributed by atoms with E-state index < -0.39 is 6.04 Å². The molecule has 6 heteroatoms. The standard InChI is InChI=1S/C19H27FN2O3/c1-13(18-15(20)7-4-8-17(18)24-2)21-19(23)16-12-25-10-9-22(16)11-14-5-3-6-14/h4,7-8,13-14,16H,3,5-6,9-12H2,1-2H3,(H,21,23)/t13-,16+/m1/s1. The summed E-state index contributed by atoms with van der Waals surface area (Å²) in [7, 11) is 1.50. The highest BCUT2D eigenvalue weighted by Gasteiger charge is 2.33. The van der Waals surface area contributed by atoms with Crippen LogP contribution in [0, 0.1) is 11.7 Å². The highest BCUT2D eigenvalue weighted by atomic mass is 19.1. The number of benzene rings is 1. The average Bonchev–Trinajstić information content (AvgIpc) is 2.57. The van der Waals surface area contributed by atoms with Crippen molar-refractivity contribution in [3.05, 3.63) is 29.6 Å². The molecule has 1 amide bonds. The first-order valence-corrected chi connectivity index (χ1v) is 9.04. The van der Waals surface area contributed by atoms with Crippen LogP contribution in [0.5, 0.6) is 5.75 Å². The average molecular weight is 350 g/mol. The van der Waals surface area contributed by atoms with Crippen LogP contribution in [0.3, 0.4) is 0 Å². The van der Waals surface area contributed by atoms with Crippen molar-refractivity contribution in [1.29, 1.82) is 0 Å². The first-order chi connectivity index (χ1) is 12.1. The maximum absolute atomic E-state index is 14.2. The van der Waals surface area contributed by atoms with Crippen LogP contribution in [0.2, 0.25) is 0 Å². The normalized spacial score (nSPS) is 22.9. The van der Waals surface area contributed by atoms with E-state index in [9.17, 15) is 9.18 Å². The summed E-state index contributed by atoms with van der Waals surface area (Å²) < 4.78 is 25.0. The van der Waals surface area contributed by atoms with Gasteiger partial charge in [0.1, 0.15) is 17.6 Å². The minimum Gasteiger partial charge on any atom is -0.496 e. The summed E-state index contributed by atoms with van der Waals surface area (Å²) in [6, 6.07) is 3.90. The number of hydrogen-bond donors (Lipinski definition) is 1. The predicted molar refractivity (Wildman–Crippen MR) is 93.0 cm³/mol. The fraction of sp³-hybridized carbons (Fsp3) is 0.632. The highest BCUT2D eigenvalue weighted by Crippen LogP contribution is 2.29. The fourth-order valence-corrected chi connectivity index (χ4v) is 3.60. The summed E-state index contributed by atoms with van der Waals surface area (Å²) in [5.74, 6) is 0.645. The second kappa shape index (κ2) is 8.15. The van der Waals surface area contributed by atoms with Gasteiger partial charge in [0, 0.05) is 13.1 Å². The number of hydrogen-bond acceptors (Lipinski definition) is 4. The summed E-state index contributed by atoms with van der Waals surface area (Å²) in [6.07, 6.45) is 3.78. The van der Waals surface area contributed by atoms with Crippen LogP contribution in [-0.4, -0.2) is 50.3 Å². The van der Waals surface area contributed by atoms with Gasteiger partial charge in [-0.15, -0.1) is 0 Å². The Labute approximate surface area is 148 Å². The number of ether oxygens (including phenoxy) is 2. The van der Waals surface area contributed by atoms with Gasteiger partial charge in [-0.25, -0.2) is 4.39 Å². The minimum absolute atomic E-state index is 0.114. The lowest BCUT2D eigenvalue weighted by Crippen LogP contribution is -2.55. The monoisotopic (exact) mass is 350 g/mol. The zero-order valence-corrected chi connectivity index (χ0v) is 15.0. The Bertz CT molecular complexity index is 606. The number of carbonyl (C=O) groups is 1. The van der Waals surface area contributed by atoms with Gasteiger partial charge in [0.25, 0.3) is 0 Å². The van der Waals surface area contributed by atoms with E-state index in [1.165, 1.54) is 32.4 Å². The van der Waals surface area contributed by atoms with Crippen molar-refractivity contribution in [2.24, 2.45) is 5.92 Å². The van der Waals surface area contributed by atoms with E-state index >= 15 is 0 Å². The predicted octanol–water partition coefficient (Wildman–Crippen LogP) is 2.51. The molecular weight excluding hydrogens is 323 g/mol. The number of halogens is 1. The lowest BCUT2D eigenvalue weighted by molar-refractivity contribution is -0.134. The number of amides is 1. The van der Waals surface area contributed by atoms with E-state index in [0.29, 0.717) is 30.4 Å². The van der Waals surface area contributed by atoms with Gasteiger partial charge in [0.05, 0.1) is 31.9 Å². The summed E-state index contributed by atoms with van der Waals surface area (Å²) in [6.45, 7) is 4.54. The summed E-state index contributed by atoms with van der Waals surface area (Å²) in [5, 5.41) is 2.94. The Morgan fingerprint density at radius 2 is 2.28 bits per heavy atom. The molecular formula is C19H27FN2O3. The molecule has 1 saturated carbocycles. The van der Waals surface area contributed by atoms with E-state index in [1.54, 1.807) is 19.1 Å². The molecule has 0 bridgehead atoms. The van der Waals surface area contributed by atoms with Crippen molar-refractivity contribution in [2.75, 3.05) is 33.4 Å². The molecule has 0 spiro atoms. The number of nitrogens with zero attached hydrogens (tertiary/aromatic N) is 1. The van der Waals surface area contributed by atoms with Crippen LogP contribution < -0.4 is 10.1 Å². The molecule has 2 aliphatic rings. The van der Waals surface area contributed by atoms with Gasteiger partial charge in [-0.05, 0) is 37.8 Å². The van der Waals surface area contributed by atoms with Crippen LogP contribution in [0.25, 0.3) is 0 Å². The molecule has 25 heavy (non-hydrogen) atoms. The van der Waals surface area contributed by atoms with E-state index in [-0.39, 0.29) is 17.8 Å². The lowest BCUT2D eigenvalue weighted by atomic mass is 9.84. The maximum atomic E-state index is 14.2. The quantitative estimate of drug-likeness (QED) is 0.857. The van der Waals surface area contributed by atoms with E-state index in [1.807, 2.05) is 0 Å². The first-order valence-electron chi connectivity index (χ1n) is 9.04. The SMILES string of the molecule is COc1cccc(F)c1[C@@H](C)NC(=O)[C@@H]1COCCN1CC1CCC1. The molecule has 2 fully saturated rings. The topological polar surface area (TPSA) is 50.8 Å². The van der Waals surface area contributed by atoms with Gasteiger partial charge in [-0.2, -0.15) is 0 Å². The maximum Gasteiger partial charge on any atom is 0.240 e. The number of carbonyl (C=O) groups excluding carboxylic acids is 1. The van der Waals surface area contributed by atoms with Crippen LogP contribution in [-0.2, 0) is 9.53 Å². The van der Waals surface area contributed by atoms with Crippen molar-refractivity contribution in [3.8, 4) is 5.75 Å². The first kappa shape index (κ1) is 18.1. The van der Waals surface area contributed by atoms with Crippen molar-refractivity contribution >= 4 is 5.91 Å². The van der Waals surface area contributed by atoms with E-state index in [0.717, 1.165) is 13.1 Å². The second-order valence-electron chi connectivity index (χ2n) is 6.97. The van der Waals surface area contributed by atoms with Crippen molar-refractivity contribution in [2.45, 2.75) is 38.3 Å². The van der Waals surface area contributed by atoms with Gasteiger partial charge < -0.3 is 14.8 Å². The third-order valence-electron chi connectivity index (χ3n) is 5.28. The van der Waals surface area contributed by atoms with Gasteiger partial charge in [-0.3, -0.25) is 9.69 Å². The number of morpholine rings is 1. The third kappa shape index (κ3) is 4.12. The molecule has 1 N–H and O–H groups in total.